The van der Waals surface area contributed by atoms with Crippen LogP contribution in [0, 0.1) is 0 Å². The second kappa shape index (κ2) is 5.14. The molecule has 0 aromatic heterocycles. The van der Waals surface area contributed by atoms with E-state index in [9.17, 15) is 0 Å². The first-order valence-corrected chi connectivity index (χ1v) is 8.04. The molecular formula is C22H15NO. The van der Waals surface area contributed by atoms with E-state index in [1.54, 1.807) is 0 Å². The first-order chi connectivity index (χ1) is 11.9. The van der Waals surface area contributed by atoms with Crippen molar-refractivity contribution in [3.63, 3.8) is 0 Å². The summed E-state index contributed by atoms with van der Waals surface area (Å²) >= 11 is 0. The summed E-state index contributed by atoms with van der Waals surface area (Å²) in [6.07, 6.45) is 0. The molecule has 0 saturated heterocycles. The third-order valence-electron chi connectivity index (χ3n) is 4.45. The van der Waals surface area contributed by atoms with Crippen LogP contribution in [-0.2, 0) is 0 Å². The van der Waals surface area contributed by atoms with Crippen molar-refractivity contribution >= 4 is 22.1 Å². The Labute approximate surface area is 140 Å². The van der Waals surface area contributed by atoms with E-state index in [0.29, 0.717) is 0 Å². The van der Waals surface area contributed by atoms with E-state index >= 15 is 0 Å². The number of fused-ring (bicyclic) bond motifs is 3. The predicted molar refractivity (Wildman–Crippen MR) is 99.2 cm³/mol. The van der Waals surface area contributed by atoms with E-state index in [-0.39, 0.29) is 0 Å². The van der Waals surface area contributed by atoms with Crippen LogP contribution in [-0.4, -0.2) is 0 Å². The summed E-state index contributed by atoms with van der Waals surface area (Å²) in [5.74, 6) is 1.72. The van der Waals surface area contributed by atoms with Gasteiger partial charge in [-0.15, -0.1) is 0 Å². The van der Waals surface area contributed by atoms with E-state index in [1.807, 2.05) is 36.4 Å². The first-order valence-electron chi connectivity index (χ1n) is 8.04. The molecule has 0 radical (unpaired) electrons. The molecule has 2 nitrogen and oxygen atoms in total. The van der Waals surface area contributed by atoms with Crippen LogP contribution in [0.2, 0.25) is 0 Å². The predicted octanol–water partition coefficient (Wildman–Crippen LogP) is 6.36. The van der Waals surface area contributed by atoms with Crippen LogP contribution in [0.5, 0.6) is 11.5 Å². The normalized spacial score (nSPS) is 12.0. The maximum absolute atomic E-state index is 6.06. The largest absolute Gasteiger partial charge is 0.453 e. The van der Waals surface area contributed by atoms with Gasteiger partial charge in [-0.25, -0.2) is 0 Å². The summed E-state index contributed by atoms with van der Waals surface area (Å²) in [5, 5.41) is 6.02. The summed E-state index contributed by atoms with van der Waals surface area (Å²) < 4.78 is 6.06. The number of hydrogen-bond donors (Lipinski definition) is 1. The molecule has 1 N–H and O–H groups in total. The molecule has 0 amide bonds. The zero-order valence-electron chi connectivity index (χ0n) is 13.0. The highest BCUT2D eigenvalue weighted by molar-refractivity contribution is 5.93. The van der Waals surface area contributed by atoms with Crippen molar-refractivity contribution in [2.75, 3.05) is 5.32 Å². The molecule has 114 valence electrons. The van der Waals surface area contributed by atoms with Gasteiger partial charge in [0.05, 0.1) is 11.4 Å². The van der Waals surface area contributed by atoms with Gasteiger partial charge in [0.2, 0.25) is 0 Å². The average Bonchev–Trinajstić information content (AvgIpc) is 2.65. The smallest absolute Gasteiger partial charge is 0.151 e. The van der Waals surface area contributed by atoms with E-state index < -0.39 is 0 Å². The molecule has 0 spiro atoms. The Morgan fingerprint density at radius 2 is 1.42 bits per heavy atom. The molecule has 2 heteroatoms. The van der Waals surface area contributed by atoms with E-state index in [0.717, 1.165) is 28.4 Å². The van der Waals surface area contributed by atoms with Gasteiger partial charge in [0, 0.05) is 5.56 Å². The highest BCUT2D eigenvalue weighted by Gasteiger charge is 2.19. The standard InChI is InChI=1S/C22H15NO/c1-2-7-16-14-17(13-12-15(16)6-1)18-8-5-11-21-22(18)23-19-9-3-4-10-20(19)24-21/h1-14,23H. The maximum atomic E-state index is 6.06. The third kappa shape index (κ3) is 2.04. The van der Waals surface area contributed by atoms with Gasteiger partial charge < -0.3 is 10.1 Å². The van der Waals surface area contributed by atoms with Crippen LogP contribution < -0.4 is 10.1 Å². The number of anilines is 2. The minimum Gasteiger partial charge on any atom is -0.453 e. The molecule has 0 atom stereocenters. The lowest BCUT2D eigenvalue weighted by Crippen LogP contribution is -2.03. The second-order valence-electron chi connectivity index (χ2n) is 5.96. The van der Waals surface area contributed by atoms with Crippen molar-refractivity contribution in [2.24, 2.45) is 0 Å². The number of nitrogens with one attached hydrogen (secondary N) is 1. The van der Waals surface area contributed by atoms with Crippen molar-refractivity contribution in [3.05, 3.63) is 84.9 Å². The summed E-state index contributed by atoms with van der Waals surface area (Å²) in [6, 6.07) is 29.2. The Bertz CT molecular complexity index is 1070. The fraction of sp³-hybridized carbons (Fsp3) is 0. The zero-order chi connectivity index (χ0) is 15.9. The molecule has 24 heavy (non-hydrogen) atoms. The second-order valence-corrected chi connectivity index (χ2v) is 5.96. The molecule has 0 fully saturated rings. The molecule has 5 rings (SSSR count). The van der Waals surface area contributed by atoms with Gasteiger partial charge in [0.25, 0.3) is 0 Å². The molecule has 1 aliphatic heterocycles. The number of benzene rings is 4. The summed E-state index contributed by atoms with van der Waals surface area (Å²) in [7, 11) is 0. The van der Waals surface area contributed by atoms with Gasteiger partial charge in [0.1, 0.15) is 0 Å². The quantitative estimate of drug-likeness (QED) is 0.389. The Balaban J connectivity index is 1.67. The lowest BCUT2D eigenvalue weighted by molar-refractivity contribution is 0.481. The van der Waals surface area contributed by atoms with Crippen molar-refractivity contribution in [2.45, 2.75) is 0 Å². The molecule has 1 heterocycles. The Kier molecular flexibility index (Phi) is 2.83. The van der Waals surface area contributed by atoms with Crippen molar-refractivity contribution < 1.29 is 4.74 Å². The number of rotatable bonds is 1. The molecule has 4 aromatic carbocycles. The fourth-order valence-corrected chi connectivity index (χ4v) is 3.25. The van der Waals surface area contributed by atoms with Crippen molar-refractivity contribution in [1.82, 2.24) is 0 Å². The Morgan fingerprint density at radius 1 is 0.625 bits per heavy atom. The van der Waals surface area contributed by atoms with Crippen LogP contribution in [0.25, 0.3) is 21.9 Å². The van der Waals surface area contributed by atoms with E-state index in [4.69, 9.17) is 4.74 Å². The minimum atomic E-state index is 0.861. The molecule has 0 bridgehead atoms. The van der Waals surface area contributed by atoms with Crippen LogP contribution >= 0.6 is 0 Å². The van der Waals surface area contributed by atoms with Gasteiger partial charge in [-0.1, -0.05) is 60.7 Å². The summed E-state index contributed by atoms with van der Waals surface area (Å²) in [6.45, 7) is 0. The van der Waals surface area contributed by atoms with Crippen molar-refractivity contribution in [3.8, 4) is 22.6 Å². The van der Waals surface area contributed by atoms with Crippen molar-refractivity contribution in [1.29, 1.82) is 0 Å². The first kappa shape index (κ1) is 13.2. The lowest BCUT2D eigenvalue weighted by Gasteiger charge is -2.24. The monoisotopic (exact) mass is 309 g/mol. The Morgan fingerprint density at radius 3 is 2.38 bits per heavy atom. The van der Waals surface area contributed by atoms with Gasteiger partial charge in [0.15, 0.2) is 11.5 Å². The van der Waals surface area contributed by atoms with Gasteiger partial charge in [-0.05, 0) is 40.6 Å². The highest BCUT2D eigenvalue weighted by Crippen LogP contribution is 2.46. The van der Waals surface area contributed by atoms with Crippen LogP contribution in [0.3, 0.4) is 0 Å². The number of hydrogen-bond acceptors (Lipinski definition) is 2. The molecule has 0 saturated carbocycles. The molecule has 0 unspecified atom stereocenters. The van der Waals surface area contributed by atoms with Crippen LogP contribution in [0.4, 0.5) is 11.4 Å². The van der Waals surface area contributed by atoms with E-state index in [2.05, 4.69) is 53.8 Å². The third-order valence-corrected chi connectivity index (χ3v) is 4.45. The zero-order valence-corrected chi connectivity index (χ0v) is 13.0. The average molecular weight is 309 g/mol. The van der Waals surface area contributed by atoms with E-state index in [1.165, 1.54) is 16.3 Å². The minimum absolute atomic E-state index is 0.861. The molecule has 4 aromatic rings. The van der Waals surface area contributed by atoms with Crippen LogP contribution in [0.1, 0.15) is 0 Å². The summed E-state index contributed by atoms with van der Waals surface area (Å²) in [4.78, 5) is 0. The lowest BCUT2D eigenvalue weighted by atomic mass is 9.99. The Hall–Kier alpha value is -3.26. The SMILES string of the molecule is c1ccc2c(c1)Nc1c(cccc1-c1ccc3ccccc3c1)O2. The number of ether oxygens (including phenoxy) is 1. The highest BCUT2D eigenvalue weighted by atomic mass is 16.5. The summed E-state index contributed by atoms with van der Waals surface area (Å²) in [5.41, 5.74) is 4.35. The molecule has 0 aliphatic carbocycles. The van der Waals surface area contributed by atoms with Gasteiger partial charge in [-0.3, -0.25) is 0 Å². The molecular weight excluding hydrogens is 294 g/mol. The topological polar surface area (TPSA) is 21.3 Å². The maximum Gasteiger partial charge on any atom is 0.151 e. The number of para-hydroxylation sites is 3. The molecule has 1 aliphatic rings. The fourth-order valence-electron chi connectivity index (χ4n) is 3.25. The van der Waals surface area contributed by atoms with Gasteiger partial charge in [-0.2, -0.15) is 0 Å². The van der Waals surface area contributed by atoms with Gasteiger partial charge >= 0.3 is 0 Å². The van der Waals surface area contributed by atoms with Crippen LogP contribution in [0.15, 0.2) is 84.9 Å².